The van der Waals surface area contributed by atoms with Gasteiger partial charge in [0.25, 0.3) is 5.91 Å². The zero-order valence-electron chi connectivity index (χ0n) is 13.5. The summed E-state index contributed by atoms with van der Waals surface area (Å²) in [5.74, 6) is 1.20. The smallest absolute Gasteiger partial charge is 0.289 e. The van der Waals surface area contributed by atoms with E-state index in [9.17, 15) is 4.79 Å². The number of amides is 1. The number of furan rings is 1. The normalized spacial score (nSPS) is 18.7. The van der Waals surface area contributed by atoms with Crippen LogP contribution in [-0.4, -0.2) is 33.2 Å². The van der Waals surface area contributed by atoms with Gasteiger partial charge in [-0.3, -0.25) is 9.48 Å². The van der Waals surface area contributed by atoms with Crippen molar-refractivity contribution in [3.05, 3.63) is 41.1 Å². The zero-order chi connectivity index (χ0) is 15.7. The highest BCUT2D eigenvalue weighted by molar-refractivity contribution is 5.91. The third-order valence-corrected chi connectivity index (χ3v) is 4.35. The van der Waals surface area contributed by atoms with E-state index in [0.29, 0.717) is 18.3 Å². The van der Waals surface area contributed by atoms with E-state index >= 15 is 0 Å². The Morgan fingerprint density at radius 1 is 1.36 bits per heavy atom. The molecule has 1 saturated heterocycles. The van der Waals surface area contributed by atoms with E-state index in [1.807, 2.05) is 35.6 Å². The highest BCUT2D eigenvalue weighted by atomic mass is 16.4. The van der Waals surface area contributed by atoms with E-state index in [-0.39, 0.29) is 5.91 Å². The Morgan fingerprint density at radius 3 is 2.86 bits per heavy atom. The molecule has 1 atom stereocenters. The minimum Gasteiger partial charge on any atom is -0.454 e. The fourth-order valence-corrected chi connectivity index (χ4v) is 3.10. The van der Waals surface area contributed by atoms with Gasteiger partial charge >= 0.3 is 0 Å². The Morgan fingerprint density at radius 2 is 2.18 bits per heavy atom. The average molecular weight is 301 g/mol. The molecule has 0 N–H and O–H groups in total. The van der Waals surface area contributed by atoms with Crippen LogP contribution in [0.5, 0.6) is 0 Å². The summed E-state index contributed by atoms with van der Waals surface area (Å²) in [5, 5.41) is 4.42. The fourth-order valence-electron chi connectivity index (χ4n) is 3.10. The van der Waals surface area contributed by atoms with Gasteiger partial charge in [0.15, 0.2) is 5.76 Å². The molecule has 0 aromatic carbocycles. The molecular formula is C17H23N3O2. The predicted molar refractivity (Wildman–Crippen MR) is 83.9 cm³/mol. The largest absolute Gasteiger partial charge is 0.454 e. The van der Waals surface area contributed by atoms with E-state index in [1.54, 1.807) is 6.07 Å². The number of aromatic nitrogens is 2. The van der Waals surface area contributed by atoms with Crippen molar-refractivity contribution in [2.24, 2.45) is 0 Å². The lowest BCUT2D eigenvalue weighted by atomic mass is 10.0. The van der Waals surface area contributed by atoms with E-state index in [2.05, 4.69) is 12.0 Å². The van der Waals surface area contributed by atoms with Crippen LogP contribution in [0.2, 0.25) is 0 Å². The van der Waals surface area contributed by atoms with Gasteiger partial charge in [0.2, 0.25) is 0 Å². The lowest BCUT2D eigenvalue weighted by Crippen LogP contribution is -2.41. The van der Waals surface area contributed by atoms with Gasteiger partial charge in [0, 0.05) is 18.3 Å². The third-order valence-electron chi connectivity index (χ3n) is 4.35. The van der Waals surface area contributed by atoms with Crippen molar-refractivity contribution >= 4 is 5.91 Å². The van der Waals surface area contributed by atoms with Crippen LogP contribution in [0.3, 0.4) is 0 Å². The number of nitrogens with zero attached hydrogens (tertiary/aromatic N) is 3. The van der Waals surface area contributed by atoms with Crippen molar-refractivity contribution in [2.75, 3.05) is 6.54 Å². The first-order valence-electron chi connectivity index (χ1n) is 7.95. The van der Waals surface area contributed by atoms with Gasteiger partial charge in [-0.2, -0.15) is 5.10 Å². The molecule has 1 aliphatic rings. The van der Waals surface area contributed by atoms with Gasteiger partial charge in [-0.15, -0.1) is 0 Å². The summed E-state index contributed by atoms with van der Waals surface area (Å²) in [6.07, 6.45) is 3.35. The Bertz CT molecular complexity index is 671. The molecule has 0 bridgehead atoms. The van der Waals surface area contributed by atoms with Gasteiger partial charge in [0.05, 0.1) is 12.2 Å². The van der Waals surface area contributed by atoms with Gasteiger partial charge in [0.1, 0.15) is 5.76 Å². The van der Waals surface area contributed by atoms with Crippen LogP contribution in [-0.2, 0) is 6.54 Å². The molecule has 2 aromatic rings. The van der Waals surface area contributed by atoms with Crippen LogP contribution in [0.1, 0.15) is 53.9 Å². The first kappa shape index (κ1) is 14.9. The van der Waals surface area contributed by atoms with Crippen molar-refractivity contribution in [3.63, 3.8) is 0 Å². The van der Waals surface area contributed by atoms with Crippen LogP contribution in [0.4, 0.5) is 0 Å². The maximum Gasteiger partial charge on any atom is 0.289 e. The summed E-state index contributed by atoms with van der Waals surface area (Å²) in [4.78, 5) is 14.5. The topological polar surface area (TPSA) is 51.3 Å². The molecule has 1 amide bonds. The van der Waals surface area contributed by atoms with Gasteiger partial charge < -0.3 is 9.32 Å². The third kappa shape index (κ3) is 2.93. The lowest BCUT2D eigenvalue weighted by molar-refractivity contribution is 0.0601. The van der Waals surface area contributed by atoms with Gasteiger partial charge in [-0.05, 0) is 58.2 Å². The summed E-state index contributed by atoms with van der Waals surface area (Å²) >= 11 is 0. The van der Waals surface area contributed by atoms with Gasteiger partial charge in [-0.25, -0.2) is 0 Å². The Balaban J connectivity index is 1.73. The molecule has 3 rings (SSSR count). The predicted octanol–water partition coefficient (Wildman–Crippen LogP) is 3.16. The van der Waals surface area contributed by atoms with Crippen molar-refractivity contribution < 1.29 is 9.21 Å². The molecule has 5 heteroatoms. The summed E-state index contributed by atoms with van der Waals surface area (Å²) in [5.41, 5.74) is 2.08. The van der Waals surface area contributed by atoms with Crippen LogP contribution >= 0.6 is 0 Å². The SMILES string of the molecule is Cc1cc(C)n(Cc2ccc(C(=O)N3CCCC[C@H]3C)o2)n1. The maximum atomic E-state index is 12.6. The first-order valence-corrected chi connectivity index (χ1v) is 7.95. The van der Waals surface area contributed by atoms with E-state index in [4.69, 9.17) is 4.42 Å². The summed E-state index contributed by atoms with van der Waals surface area (Å²) in [6, 6.07) is 5.98. The average Bonchev–Trinajstić information content (AvgIpc) is 3.06. The second-order valence-electron chi connectivity index (χ2n) is 6.19. The molecule has 118 valence electrons. The Hall–Kier alpha value is -2.04. The van der Waals surface area contributed by atoms with Gasteiger partial charge in [-0.1, -0.05) is 0 Å². The standard InChI is InChI=1S/C17H23N3O2/c1-12-10-14(3)20(18-12)11-15-7-8-16(22-15)17(21)19-9-5-4-6-13(19)2/h7-8,10,13H,4-6,9,11H2,1-3H3/t13-/m1/s1. The number of hydrogen-bond donors (Lipinski definition) is 0. The van der Waals surface area contributed by atoms with E-state index < -0.39 is 0 Å². The molecule has 3 heterocycles. The number of carbonyl (C=O) groups excluding carboxylic acids is 1. The summed E-state index contributed by atoms with van der Waals surface area (Å²) in [6.45, 7) is 7.48. The number of likely N-dealkylation sites (tertiary alicyclic amines) is 1. The summed E-state index contributed by atoms with van der Waals surface area (Å²) < 4.78 is 7.66. The fraction of sp³-hybridized carbons (Fsp3) is 0.529. The van der Waals surface area contributed by atoms with Crippen LogP contribution < -0.4 is 0 Å². The molecule has 5 nitrogen and oxygen atoms in total. The number of rotatable bonds is 3. The minimum atomic E-state index is 0.00631. The van der Waals surface area contributed by atoms with E-state index in [1.165, 1.54) is 6.42 Å². The second-order valence-corrected chi connectivity index (χ2v) is 6.19. The highest BCUT2D eigenvalue weighted by Gasteiger charge is 2.26. The number of piperidine rings is 1. The monoisotopic (exact) mass is 301 g/mol. The minimum absolute atomic E-state index is 0.00631. The second kappa shape index (κ2) is 5.99. The molecule has 0 unspecified atom stereocenters. The zero-order valence-corrected chi connectivity index (χ0v) is 13.5. The lowest BCUT2D eigenvalue weighted by Gasteiger charge is -2.32. The molecule has 0 radical (unpaired) electrons. The maximum absolute atomic E-state index is 12.6. The molecular weight excluding hydrogens is 278 g/mol. The molecule has 0 spiro atoms. The molecule has 2 aromatic heterocycles. The number of aryl methyl sites for hydroxylation is 2. The van der Waals surface area contributed by atoms with Crippen molar-refractivity contribution in [1.29, 1.82) is 0 Å². The molecule has 0 saturated carbocycles. The Labute approximate surface area is 130 Å². The number of carbonyl (C=O) groups is 1. The summed E-state index contributed by atoms with van der Waals surface area (Å²) in [7, 11) is 0. The molecule has 1 aliphatic heterocycles. The molecule has 22 heavy (non-hydrogen) atoms. The first-order chi connectivity index (χ1) is 10.5. The molecule has 1 fully saturated rings. The van der Waals surface area contributed by atoms with Crippen molar-refractivity contribution in [2.45, 2.75) is 52.6 Å². The van der Waals surface area contributed by atoms with Crippen LogP contribution in [0.15, 0.2) is 22.6 Å². The number of hydrogen-bond acceptors (Lipinski definition) is 3. The quantitative estimate of drug-likeness (QED) is 0.875. The van der Waals surface area contributed by atoms with Crippen LogP contribution in [0.25, 0.3) is 0 Å². The van der Waals surface area contributed by atoms with E-state index in [0.717, 1.165) is 36.5 Å². The highest BCUT2D eigenvalue weighted by Crippen LogP contribution is 2.20. The molecule has 0 aliphatic carbocycles. The Kier molecular flexibility index (Phi) is 4.05. The van der Waals surface area contributed by atoms with Crippen molar-refractivity contribution in [3.8, 4) is 0 Å². The van der Waals surface area contributed by atoms with Crippen LogP contribution in [0, 0.1) is 13.8 Å². The van der Waals surface area contributed by atoms with Crippen molar-refractivity contribution in [1.82, 2.24) is 14.7 Å².